The van der Waals surface area contributed by atoms with Gasteiger partial charge in [0.1, 0.15) is 0 Å². The first kappa shape index (κ1) is 14.7. The van der Waals surface area contributed by atoms with Gasteiger partial charge in [-0.2, -0.15) is 0 Å². The highest BCUT2D eigenvalue weighted by molar-refractivity contribution is 7.54. The number of hydrogen-bond donors (Lipinski definition) is 0. The number of rotatable bonds is 6. The van der Waals surface area contributed by atoms with Gasteiger partial charge in [0.25, 0.3) is 0 Å². The molecular formula is C11H15ClFO3P. The van der Waals surface area contributed by atoms with E-state index in [-0.39, 0.29) is 18.8 Å². The lowest BCUT2D eigenvalue weighted by Gasteiger charge is -2.20. The minimum absolute atomic E-state index is 0.130. The molecule has 0 heterocycles. The van der Waals surface area contributed by atoms with Crippen molar-refractivity contribution in [3.63, 3.8) is 0 Å². The Balaban J connectivity index is 2.95. The Labute approximate surface area is 105 Å². The van der Waals surface area contributed by atoms with Gasteiger partial charge in [-0.05, 0) is 31.5 Å². The van der Waals surface area contributed by atoms with E-state index in [0.717, 1.165) is 0 Å². The van der Waals surface area contributed by atoms with Gasteiger partial charge >= 0.3 is 7.60 Å². The summed E-state index contributed by atoms with van der Waals surface area (Å²) in [5, 5.41) is 0.489. The van der Waals surface area contributed by atoms with E-state index in [1.807, 2.05) is 0 Å². The van der Waals surface area contributed by atoms with E-state index in [2.05, 4.69) is 0 Å². The Morgan fingerprint density at radius 2 is 1.71 bits per heavy atom. The second kappa shape index (κ2) is 6.50. The predicted octanol–water partition coefficient (Wildman–Crippen LogP) is 4.57. The summed E-state index contributed by atoms with van der Waals surface area (Å²) in [5.41, 5.74) is 0.236. The second-order valence-corrected chi connectivity index (χ2v) is 5.75. The monoisotopic (exact) mass is 280 g/mol. The van der Waals surface area contributed by atoms with Crippen LogP contribution in [0.4, 0.5) is 4.39 Å². The normalized spacial score (nSPS) is 13.6. The van der Waals surface area contributed by atoms with E-state index < -0.39 is 13.5 Å². The first-order valence-electron chi connectivity index (χ1n) is 5.31. The van der Waals surface area contributed by atoms with E-state index in [4.69, 9.17) is 20.6 Å². The van der Waals surface area contributed by atoms with Gasteiger partial charge in [-0.25, -0.2) is 4.39 Å². The fraction of sp³-hybridized carbons (Fsp3) is 0.455. The number of hydrogen-bond acceptors (Lipinski definition) is 3. The maximum absolute atomic E-state index is 14.1. The molecule has 1 aromatic rings. The van der Waals surface area contributed by atoms with Crippen molar-refractivity contribution in [2.24, 2.45) is 0 Å². The van der Waals surface area contributed by atoms with Crippen LogP contribution in [-0.2, 0) is 13.6 Å². The van der Waals surface area contributed by atoms with Crippen molar-refractivity contribution in [1.82, 2.24) is 0 Å². The zero-order valence-electron chi connectivity index (χ0n) is 9.73. The third-order valence-electron chi connectivity index (χ3n) is 2.04. The maximum Gasteiger partial charge on any atom is 0.369 e. The number of halogens is 2. The van der Waals surface area contributed by atoms with Crippen LogP contribution < -0.4 is 0 Å². The summed E-state index contributed by atoms with van der Waals surface area (Å²) in [7, 11) is -3.76. The van der Waals surface area contributed by atoms with Crippen molar-refractivity contribution in [3.8, 4) is 0 Å². The third kappa shape index (κ3) is 3.78. The van der Waals surface area contributed by atoms with Gasteiger partial charge in [-0.15, -0.1) is 0 Å². The molecule has 96 valence electrons. The summed E-state index contributed by atoms with van der Waals surface area (Å²) < 4.78 is 36.2. The standard InChI is InChI=1S/C11H15ClFO3P/c1-3-15-17(14,16-4-2)11(13)9-5-7-10(12)8-6-9/h5-8,11H,3-4H2,1-2H3/t11-/m1/s1. The van der Waals surface area contributed by atoms with Crippen LogP contribution in [0.25, 0.3) is 0 Å². The average molecular weight is 281 g/mol. The lowest BCUT2D eigenvalue weighted by atomic mass is 10.2. The van der Waals surface area contributed by atoms with Crippen LogP contribution in [-0.4, -0.2) is 13.2 Å². The van der Waals surface area contributed by atoms with Gasteiger partial charge in [-0.3, -0.25) is 4.57 Å². The molecule has 0 saturated carbocycles. The van der Waals surface area contributed by atoms with Crippen LogP contribution in [0.2, 0.25) is 5.02 Å². The molecule has 0 radical (unpaired) electrons. The number of benzene rings is 1. The molecule has 17 heavy (non-hydrogen) atoms. The van der Waals surface area contributed by atoms with Crippen LogP contribution in [0.3, 0.4) is 0 Å². The SMILES string of the molecule is CCOP(=O)(OCC)[C@@H](F)c1ccc(Cl)cc1. The predicted molar refractivity (Wildman–Crippen MR) is 66.2 cm³/mol. The summed E-state index contributed by atoms with van der Waals surface area (Å²) in [5.74, 6) is -1.79. The lowest BCUT2D eigenvalue weighted by Crippen LogP contribution is -2.02. The largest absolute Gasteiger partial charge is 0.369 e. The summed E-state index contributed by atoms with van der Waals surface area (Å²) in [6, 6.07) is 6.01. The zero-order chi connectivity index (χ0) is 12.9. The van der Waals surface area contributed by atoms with Crippen LogP contribution >= 0.6 is 19.2 Å². The second-order valence-electron chi connectivity index (χ2n) is 3.26. The van der Waals surface area contributed by atoms with Crippen LogP contribution in [0.15, 0.2) is 24.3 Å². The molecule has 0 unspecified atom stereocenters. The molecule has 0 aliphatic heterocycles. The van der Waals surface area contributed by atoms with Gasteiger partial charge < -0.3 is 9.05 Å². The van der Waals surface area contributed by atoms with Gasteiger partial charge in [0.2, 0.25) is 5.91 Å². The van der Waals surface area contributed by atoms with E-state index in [9.17, 15) is 8.96 Å². The molecule has 0 aliphatic carbocycles. The highest BCUT2D eigenvalue weighted by Crippen LogP contribution is 2.61. The minimum Gasteiger partial charge on any atom is -0.307 e. The summed E-state index contributed by atoms with van der Waals surface area (Å²) >= 11 is 5.70. The molecule has 0 spiro atoms. The zero-order valence-corrected chi connectivity index (χ0v) is 11.4. The summed E-state index contributed by atoms with van der Waals surface area (Å²) in [4.78, 5) is 0. The molecule has 1 atom stereocenters. The van der Waals surface area contributed by atoms with E-state index in [1.165, 1.54) is 24.3 Å². The van der Waals surface area contributed by atoms with Crippen LogP contribution in [0.1, 0.15) is 25.3 Å². The Morgan fingerprint density at radius 3 is 2.12 bits per heavy atom. The van der Waals surface area contributed by atoms with Gasteiger partial charge in [0.15, 0.2) is 0 Å². The molecule has 6 heteroatoms. The van der Waals surface area contributed by atoms with Crippen LogP contribution in [0.5, 0.6) is 0 Å². The van der Waals surface area contributed by atoms with Crippen molar-refractivity contribution < 1.29 is 18.0 Å². The van der Waals surface area contributed by atoms with Crippen molar-refractivity contribution in [2.75, 3.05) is 13.2 Å². The molecule has 0 aromatic heterocycles. The Kier molecular flexibility index (Phi) is 5.60. The van der Waals surface area contributed by atoms with Gasteiger partial charge in [-0.1, -0.05) is 23.7 Å². The third-order valence-corrected chi connectivity index (χ3v) is 4.38. The molecule has 1 aromatic carbocycles. The molecular weight excluding hydrogens is 266 g/mol. The van der Waals surface area contributed by atoms with Crippen molar-refractivity contribution in [1.29, 1.82) is 0 Å². The highest BCUT2D eigenvalue weighted by Gasteiger charge is 2.37. The quantitative estimate of drug-likeness (QED) is 0.716. The lowest BCUT2D eigenvalue weighted by molar-refractivity contribution is 0.190. The molecule has 0 amide bonds. The van der Waals surface area contributed by atoms with Crippen LogP contribution in [0, 0.1) is 0 Å². The summed E-state index contributed by atoms with van der Waals surface area (Å²) in [6.45, 7) is 3.54. The fourth-order valence-corrected chi connectivity index (χ4v) is 3.05. The maximum atomic E-state index is 14.1. The molecule has 0 fully saturated rings. The van der Waals surface area contributed by atoms with E-state index >= 15 is 0 Å². The molecule has 0 N–H and O–H groups in total. The van der Waals surface area contributed by atoms with Gasteiger partial charge in [0.05, 0.1) is 13.2 Å². The molecule has 1 rings (SSSR count). The Bertz CT molecular complexity index is 386. The smallest absolute Gasteiger partial charge is 0.307 e. The van der Waals surface area contributed by atoms with E-state index in [1.54, 1.807) is 13.8 Å². The summed E-state index contributed by atoms with van der Waals surface area (Å²) in [6.07, 6.45) is 0. The number of alkyl halides is 1. The first-order valence-corrected chi connectivity index (χ1v) is 7.30. The highest BCUT2D eigenvalue weighted by atomic mass is 35.5. The van der Waals surface area contributed by atoms with Crippen molar-refractivity contribution in [2.45, 2.75) is 19.8 Å². The Hall–Kier alpha value is -0.410. The molecule has 0 aliphatic rings. The van der Waals surface area contributed by atoms with Crippen molar-refractivity contribution in [3.05, 3.63) is 34.9 Å². The van der Waals surface area contributed by atoms with Gasteiger partial charge in [0, 0.05) is 5.02 Å². The fourth-order valence-electron chi connectivity index (χ4n) is 1.33. The van der Waals surface area contributed by atoms with E-state index in [0.29, 0.717) is 5.02 Å². The average Bonchev–Trinajstić information content (AvgIpc) is 2.30. The van der Waals surface area contributed by atoms with Crippen molar-refractivity contribution >= 4 is 19.2 Å². The molecule has 0 bridgehead atoms. The molecule has 0 saturated heterocycles. The molecule has 3 nitrogen and oxygen atoms in total. The first-order chi connectivity index (χ1) is 8.03. The Morgan fingerprint density at radius 1 is 1.24 bits per heavy atom. The minimum atomic E-state index is -3.76. The topological polar surface area (TPSA) is 35.5 Å².